The summed E-state index contributed by atoms with van der Waals surface area (Å²) in [5, 5.41) is 8.79. The normalized spacial score (nSPS) is 43.0. The predicted molar refractivity (Wildman–Crippen MR) is 66.5 cm³/mol. The van der Waals surface area contributed by atoms with E-state index in [0.29, 0.717) is 24.0 Å². The van der Waals surface area contributed by atoms with E-state index < -0.39 is 0 Å². The Labute approximate surface area is 104 Å². The van der Waals surface area contributed by atoms with Crippen molar-refractivity contribution in [1.82, 2.24) is 0 Å². The van der Waals surface area contributed by atoms with E-state index in [1.54, 1.807) is 0 Å². The molecule has 4 saturated carbocycles. The number of aliphatic hydroxyl groups excluding tert-OH is 1. The molecule has 4 bridgehead atoms. The van der Waals surface area contributed by atoms with Crippen molar-refractivity contribution in [1.29, 1.82) is 0 Å². The third-order valence-electron chi connectivity index (χ3n) is 5.35. The van der Waals surface area contributed by atoms with Crippen molar-refractivity contribution in [2.75, 3.05) is 6.61 Å². The maximum atomic E-state index is 12.0. The van der Waals surface area contributed by atoms with Crippen LogP contribution in [-0.4, -0.2) is 17.5 Å². The van der Waals surface area contributed by atoms with E-state index in [1.807, 2.05) is 0 Å². The average Bonchev–Trinajstić information content (AvgIpc) is 2.23. The molecular formula is C15H24O2. The highest BCUT2D eigenvalue weighted by molar-refractivity contribution is 5.79. The van der Waals surface area contributed by atoms with Gasteiger partial charge in [-0.15, -0.1) is 0 Å². The molecule has 4 aliphatic rings. The van der Waals surface area contributed by atoms with Crippen LogP contribution in [0.4, 0.5) is 0 Å². The second kappa shape index (κ2) is 4.38. The molecule has 4 rings (SSSR count). The van der Waals surface area contributed by atoms with E-state index in [4.69, 9.17) is 5.11 Å². The van der Waals surface area contributed by atoms with Crippen molar-refractivity contribution in [3.05, 3.63) is 0 Å². The Balaban J connectivity index is 1.64. The summed E-state index contributed by atoms with van der Waals surface area (Å²) in [6.45, 7) is 0.159. The molecule has 0 spiro atoms. The number of aliphatic hydroxyl groups is 1. The minimum absolute atomic E-state index is 0.159. The van der Waals surface area contributed by atoms with Crippen LogP contribution in [0.3, 0.4) is 0 Å². The number of ketones is 1. The van der Waals surface area contributed by atoms with Crippen molar-refractivity contribution in [2.24, 2.45) is 23.2 Å². The van der Waals surface area contributed by atoms with Gasteiger partial charge in [-0.25, -0.2) is 0 Å². The van der Waals surface area contributed by atoms with Crippen LogP contribution >= 0.6 is 0 Å². The maximum absolute atomic E-state index is 12.0. The van der Waals surface area contributed by atoms with Crippen molar-refractivity contribution in [3.8, 4) is 0 Å². The fraction of sp³-hybridized carbons (Fsp3) is 0.933. The smallest absolute Gasteiger partial charge is 0.133 e. The van der Waals surface area contributed by atoms with Gasteiger partial charge in [-0.3, -0.25) is 4.79 Å². The molecule has 4 fully saturated rings. The van der Waals surface area contributed by atoms with Crippen LogP contribution in [0, 0.1) is 23.2 Å². The highest BCUT2D eigenvalue weighted by Gasteiger charge is 2.51. The number of Topliss-reactive ketones (excluding diaryl/α,β-unsaturated/α-hetero) is 1. The second-order valence-electron chi connectivity index (χ2n) is 6.96. The van der Waals surface area contributed by atoms with E-state index in [0.717, 1.165) is 24.2 Å². The molecular weight excluding hydrogens is 212 g/mol. The first kappa shape index (κ1) is 11.7. The van der Waals surface area contributed by atoms with Gasteiger partial charge in [-0.2, -0.15) is 0 Å². The second-order valence-corrected chi connectivity index (χ2v) is 6.96. The van der Waals surface area contributed by atoms with Crippen LogP contribution in [-0.2, 0) is 4.79 Å². The summed E-state index contributed by atoms with van der Waals surface area (Å²) in [5.41, 5.74) is 0.390. The molecule has 4 aliphatic carbocycles. The van der Waals surface area contributed by atoms with Crippen LogP contribution in [0.5, 0.6) is 0 Å². The summed E-state index contributed by atoms with van der Waals surface area (Å²) in [6, 6.07) is 0. The number of rotatable bonds is 5. The van der Waals surface area contributed by atoms with E-state index in [-0.39, 0.29) is 6.61 Å². The van der Waals surface area contributed by atoms with Crippen LogP contribution in [0.2, 0.25) is 0 Å². The standard InChI is InChI=1S/C15H24O2/c16-3-1-2-14(17)10-15-7-11-4-12(8-15)6-13(5-11)9-15/h11-13,16H,1-10H2. The summed E-state index contributed by atoms with van der Waals surface area (Å²) >= 11 is 0. The van der Waals surface area contributed by atoms with Crippen LogP contribution < -0.4 is 0 Å². The monoisotopic (exact) mass is 236 g/mol. The third-order valence-corrected chi connectivity index (χ3v) is 5.35. The largest absolute Gasteiger partial charge is 0.396 e. The Hall–Kier alpha value is -0.370. The molecule has 96 valence electrons. The van der Waals surface area contributed by atoms with Gasteiger partial charge in [-0.1, -0.05) is 0 Å². The van der Waals surface area contributed by atoms with Crippen molar-refractivity contribution in [2.45, 2.75) is 57.8 Å². The molecule has 0 atom stereocenters. The molecule has 0 heterocycles. The molecule has 0 aliphatic heterocycles. The van der Waals surface area contributed by atoms with Gasteiger partial charge in [0.25, 0.3) is 0 Å². The average molecular weight is 236 g/mol. The minimum atomic E-state index is 0.159. The van der Waals surface area contributed by atoms with E-state index >= 15 is 0 Å². The van der Waals surface area contributed by atoms with Crippen LogP contribution in [0.1, 0.15) is 57.8 Å². The van der Waals surface area contributed by atoms with Gasteiger partial charge in [0.05, 0.1) is 0 Å². The Kier molecular flexibility index (Phi) is 3.02. The summed E-state index contributed by atoms with van der Waals surface area (Å²) in [6.07, 6.45) is 10.4. The molecule has 0 aromatic heterocycles. The quantitative estimate of drug-likeness (QED) is 0.797. The van der Waals surface area contributed by atoms with Gasteiger partial charge in [0, 0.05) is 19.4 Å². The minimum Gasteiger partial charge on any atom is -0.396 e. The molecule has 0 amide bonds. The van der Waals surface area contributed by atoms with Gasteiger partial charge < -0.3 is 5.11 Å². The Morgan fingerprint density at radius 2 is 1.59 bits per heavy atom. The SMILES string of the molecule is O=C(CCCO)CC12CC3CC(CC(C3)C1)C2. The fourth-order valence-electron chi connectivity index (χ4n) is 5.29. The summed E-state index contributed by atoms with van der Waals surface area (Å²) < 4.78 is 0. The van der Waals surface area contributed by atoms with Gasteiger partial charge in [0.2, 0.25) is 0 Å². The zero-order valence-electron chi connectivity index (χ0n) is 10.7. The molecule has 0 aromatic rings. The van der Waals surface area contributed by atoms with Gasteiger partial charge >= 0.3 is 0 Å². The number of hydrogen-bond donors (Lipinski definition) is 1. The Morgan fingerprint density at radius 3 is 2.06 bits per heavy atom. The van der Waals surface area contributed by atoms with E-state index in [1.165, 1.54) is 38.5 Å². The lowest BCUT2D eigenvalue weighted by molar-refractivity contribution is -0.127. The molecule has 17 heavy (non-hydrogen) atoms. The van der Waals surface area contributed by atoms with Crippen molar-refractivity contribution < 1.29 is 9.90 Å². The lowest BCUT2D eigenvalue weighted by atomic mass is 9.48. The summed E-state index contributed by atoms with van der Waals surface area (Å²) in [4.78, 5) is 12.0. The van der Waals surface area contributed by atoms with E-state index in [9.17, 15) is 4.79 Å². The number of hydrogen-bond acceptors (Lipinski definition) is 2. The van der Waals surface area contributed by atoms with Gasteiger partial charge in [0.1, 0.15) is 5.78 Å². The molecule has 2 nitrogen and oxygen atoms in total. The highest BCUT2D eigenvalue weighted by atomic mass is 16.3. The highest BCUT2D eigenvalue weighted by Crippen LogP contribution is 2.61. The zero-order chi connectivity index (χ0) is 11.9. The van der Waals surface area contributed by atoms with Crippen molar-refractivity contribution in [3.63, 3.8) is 0 Å². The predicted octanol–water partition coefficient (Wildman–Crippen LogP) is 2.93. The number of carbonyl (C=O) groups is 1. The van der Waals surface area contributed by atoms with Crippen LogP contribution in [0.15, 0.2) is 0 Å². The first-order valence-electron chi connectivity index (χ1n) is 7.32. The third kappa shape index (κ3) is 2.29. The molecule has 0 radical (unpaired) electrons. The van der Waals surface area contributed by atoms with E-state index in [2.05, 4.69) is 0 Å². The zero-order valence-corrected chi connectivity index (χ0v) is 10.7. The lowest BCUT2D eigenvalue weighted by Gasteiger charge is -2.56. The van der Waals surface area contributed by atoms with Crippen LogP contribution in [0.25, 0.3) is 0 Å². The Bertz CT molecular complexity index is 273. The fourth-order valence-corrected chi connectivity index (χ4v) is 5.29. The first-order chi connectivity index (χ1) is 8.19. The molecule has 0 saturated heterocycles. The molecule has 0 unspecified atom stereocenters. The number of carbonyl (C=O) groups excluding carboxylic acids is 1. The maximum Gasteiger partial charge on any atom is 0.133 e. The van der Waals surface area contributed by atoms with Gasteiger partial charge in [0.15, 0.2) is 0 Å². The lowest BCUT2D eigenvalue weighted by Crippen LogP contribution is -2.46. The molecule has 1 N–H and O–H groups in total. The molecule has 2 heteroatoms. The van der Waals surface area contributed by atoms with Crippen molar-refractivity contribution >= 4 is 5.78 Å². The Morgan fingerprint density at radius 1 is 1.06 bits per heavy atom. The molecule has 0 aromatic carbocycles. The topological polar surface area (TPSA) is 37.3 Å². The van der Waals surface area contributed by atoms with Gasteiger partial charge in [-0.05, 0) is 68.1 Å². The first-order valence-corrected chi connectivity index (χ1v) is 7.32. The summed E-state index contributed by atoms with van der Waals surface area (Å²) in [7, 11) is 0. The summed E-state index contributed by atoms with van der Waals surface area (Å²) in [5.74, 6) is 3.21.